The molecule has 1 aliphatic rings. The predicted molar refractivity (Wildman–Crippen MR) is 105 cm³/mol. The van der Waals surface area contributed by atoms with Crippen molar-refractivity contribution in [3.05, 3.63) is 29.8 Å². The number of morpholine rings is 1. The molecule has 0 atom stereocenters. The van der Waals surface area contributed by atoms with Crippen LogP contribution in [-0.4, -0.2) is 61.9 Å². The number of nitrogens with one attached hydrogen (secondary N) is 3. The van der Waals surface area contributed by atoms with Crippen molar-refractivity contribution in [2.75, 3.05) is 51.3 Å². The van der Waals surface area contributed by atoms with Crippen LogP contribution >= 0.6 is 12.2 Å². The van der Waals surface area contributed by atoms with Gasteiger partial charge in [-0.25, -0.2) is 0 Å². The number of ether oxygens (including phenoxy) is 1. The molecule has 6 nitrogen and oxygen atoms in total. The van der Waals surface area contributed by atoms with E-state index in [0.717, 1.165) is 63.5 Å². The fourth-order valence-electron chi connectivity index (χ4n) is 2.70. The molecule has 1 aromatic carbocycles. The van der Waals surface area contributed by atoms with Crippen molar-refractivity contribution in [1.29, 1.82) is 0 Å². The summed E-state index contributed by atoms with van der Waals surface area (Å²) in [7, 11) is 0. The Morgan fingerprint density at radius 1 is 1.24 bits per heavy atom. The van der Waals surface area contributed by atoms with Gasteiger partial charge in [-0.2, -0.15) is 0 Å². The minimum atomic E-state index is -0.0987. The molecule has 0 bridgehead atoms. The summed E-state index contributed by atoms with van der Waals surface area (Å²) < 4.78 is 5.33. The van der Waals surface area contributed by atoms with Crippen LogP contribution in [-0.2, 0) is 16.0 Å². The van der Waals surface area contributed by atoms with Gasteiger partial charge in [0.05, 0.1) is 19.8 Å². The Balaban J connectivity index is 1.58. The summed E-state index contributed by atoms with van der Waals surface area (Å²) in [6.07, 6.45) is 1.89. The second kappa shape index (κ2) is 11.0. The Morgan fingerprint density at radius 2 is 2.00 bits per heavy atom. The van der Waals surface area contributed by atoms with Gasteiger partial charge in [0, 0.05) is 25.3 Å². The molecule has 7 heteroatoms. The Labute approximate surface area is 155 Å². The molecule has 1 aromatic rings. The summed E-state index contributed by atoms with van der Waals surface area (Å²) >= 11 is 5.22. The lowest BCUT2D eigenvalue weighted by Gasteiger charge is -2.26. The molecule has 1 saturated heterocycles. The lowest BCUT2D eigenvalue weighted by molar-refractivity contribution is -0.115. The number of carbonyl (C=O) groups is 1. The summed E-state index contributed by atoms with van der Waals surface area (Å²) in [4.78, 5) is 14.4. The first-order valence-electron chi connectivity index (χ1n) is 8.88. The lowest BCUT2D eigenvalue weighted by Crippen LogP contribution is -2.41. The molecule has 0 aliphatic carbocycles. The molecule has 138 valence electrons. The van der Waals surface area contributed by atoms with Gasteiger partial charge >= 0.3 is 0 Å². The van der Waals surface area contributed by atoms with Gasteiger partial charge in [0.25, 0.3) is 0 Å². The van der Waals surface area contributed by atoms with Crippen LogP contribution in [0.3, 0.4) is 0 Å². The normalized spacial score (nSPS) is 14.8. The van der Waals surface area contributed by atoms with Gasteiger partial charge in [0.2, 0.25) is 5.91 Å². The summed E-state index contributed by atoms with van der Waals surface area (Å²) in [5, 5.41) is 9.53. The van der Waals surface area contributed by atoms with E-state index in [0.29, 0.717) is 5.11 Å². The average molecular weight is 365 g/mol. The number of para-hydroxylation sites is 1. The number of benzene rings is 1. The molecule has 1 fully saturated rings. The number of nitrogens with zero attached hydrogens (tertiary/aromatic N) is 1. The van der Waals surface area contributed by atoms with E-state index in [2.05, 4.69) is 27.8 Å². The second-order valence-electron chi connectivity index (χ2n) is 5.98. The quantitative estimate of drug-likeness (QED) is 0.478. The van der Waals surface area contributed by atoms with Crippen molar-refractivity contribution < 1.29 is 9.53 Å². The van der Waals surface area contributed by atoms with Gasteiger partial charge in [-0.15, -0.1) is 0 Å². The van der Waals surface area contributed by atoms with Crippen LogP contribution in [0, 0.1) is 0 Å². The van der Waals surface area contributed by atoms with Crippen molar-refractivity contribution >= 4 is 28.9 Å². The monoisotopic (exact) mass is 364 g/mol. The van der Waals surface area contributed by atoms with Gasteiger partial charge in [-0.3, -0.25) is 9.69 Å². The van der Waals surface area contributed by atoms with Gasteiger partial charge in [-0.1, -0.05) is 25.1 Å². The molecule has 1 heterocycles. The van der Waals surface area contributed by atoms with Crippen LogP contribution in [0.25, 0.3) is 0 Å². The highest BCUT2D eigenvalue weighted by atomic mass is 32.1. The van der Waals surface area contributed by atoms with E-state index in [-0.39, 0.29) is 12.5 Å². The summed E-state index contributed by atoms with van der Waals surface area (Å²) in [6, 6.07) is 7.83. The number of anilines is 1. The van der Waals surface area contributed by atoms with E-state index in [4.69, 9.17) is 17.0 Å². The molecular weight excluding hydrogens is 336 g/mol. The lowest BCUT2D eigenvalue weighted by atomic mass is 10.1. The average Bonchev–Trinajstić information content (AvgIpc) is 2.65. The molecule has 25 heavy (non-hydrogen) atoms. The van der Waals surface area contributed by atoms with Crippen LogP contribution in [0.2, 0.25) is 0 Å². The molecule has 2 rings (SSSR count). The first kappa shape index (κ1) is 19.6. The first-order chi connectivity index (χ1) is 12.2. The van der Waals surface area contributed by atoms with Gasteiger partial charge in [-0.05, 0) is 43.2 Å². The molecule has 1 aliphatic heterocycles. The highest BCUT2D eigenvalue weighted by Crippen LogP contribution is 2.14. The molecule has 0 saturated carbocycles. The Hall–Kier alpha value is -1.70. The van der Waals surface area contributed by atoms with Crippen molar-refractivity contribution in [2.24, 2.45) is 0 Å². The summed E-state index contributed by atoms with van der Waals surface area (Å²) in [6.45, 7) is 7.71. The number of hydrogen-bond donors (Lipinski definition) is 3. The minimum Gasteiger partial charge on any atom is -0.379 e. The zero-order chi connectivity index (χ0) is 17.9. The molecule has 1 amide bonds. The third-order valence-electron chi connectivity index (χ3n) is 4.12. The Morgan fingerprint density at radius 3 is 2.76 bits per heavy atom. The molecule has 0 radical (unpaired) electrons. The Kier molecular flexibility index (Phi) is 8.65. The molecule has 0 aromatic heterocycles. The van der Waals surface area contributed by atoms with E-state index in [1.54, 1.807) is 0 Å². The topological polar surface area (TPSA) is 65.6 Å². The zero-order valence-electron chi connectivity index (χ0n) is 14.8. The molecule has 3 N–H and O–H groups in total. The second-order valence-corrected chi connectivity index (χ2v) is 6.38. The van der Waals surface area contributed by atoms with Gasteiger partial charge in [0.1, 0.15) is 0 Å². The number of rotatable bonds is 8. The predicted octanol–water partition coefficient (Wildman–Crippen LogP) is 1.37. The fourth-order valence-corrected chi connectivity index (χ4v) is 2.87. The van der Waals surface area contributed by atoms with Gasteiger partial charge < -0.3 is 20.7 Å². The maximum Gasteiger partial charge on any atom is 0.243 e. The standard InChI is InChI=1S/C18H28N4O2S/c1-2-15-6-3-4-7-16(15)21-17(23)14-20-18(25)19-8-5-9-22-10-12-24-13-11-22/h3-4,6-7H,2,5,8-14H2,1H3,(H,21,23)(H2,19,20,25). The SMILES string of the molecule is CCc1ccccc1NC(=O)CNC(=S)NCCCN1CCOCC1. The van der Waals surface area contributed by atoms with Crippen LogP contribution in [0.5, 0.6) is 0 Å². The first-order valence-corrected chi connectivity index (χ1v) is 9.29. The van der Waals surface area contributed by atoms with E-state index in [9.17, 15) is 4.79 Å². The molecular formula is C18H28N4O2S. The third-order valence-corrected chi connectivity index (χ3v) is 4.41. The fraction of sp³-hybridized carbons (Fsp3) is 0.556. The van der Waals surface area contributed by atoms with Crippen LogP contribution in [0.4, 0.5) is 5.69 Å². The van der Waals surface area contributed by atoms with Crippen molar-refractivity contribution in [3.63, 3.8) is 0 Å². The van der Waals surface area contributed by atoms with Gasteiger partial charge in [0.15, 0.2) is 5.11 Å². The smallest absolute Gasteiger partial charge is 0.243 e. The van der Waals surface area contributed by atoms with Crippen molar-refractivity contribution in [2.45, 2.75) is 19.8 Å². The summed E-state index contributed by atoms with van der Waals surface area (Å²) in [5.41, 5.74) is 1.99. The largest absolute Gasteiger partial charge is 0.379 e. The number of amides is 1. The highest BCUT2D eigenvalue weighted by Gasteiger charge is 2.09. The molecule has 0 unspecified atom stereocenters. The highest BCUT2D eigenvalue weighted by molar-refractivity contribution is 7.80. The maximum atomic E-state index is 12.0. The van der Waals surface area contributed by atoms with Crippen LogP contribution in [0.15, 0.2) is 24.3 Å². The number of hydrogen-bond acceptors (Lipinski definition) is 4. The van der Waals surface area contributed by atoms with E-state index < -0.39 is 0 Å². The third kappa shape index (κ3) is 7.37. The zero-order valence-corrected chi connectivity index (χ0v) is 15.7. The summed E-state index contributed by atoms with van der Waals surface area (Å²) in [5.74, 6) is -0.0987. The van der Waals surface area contributed by atoms with Crippen molar-refractivity contribution in [3.8, 4) is 0 Å². The van der Waals surface area contributed by atoms with Crippen LogP contribution < -0.4 is 16.0 Å². The Bertz CT molecular complexity index is 562. The number of carbonyl (C=O) groups excluding carboxylic acids is 1. The van der Waals surface area contributed by atoms with E-state index >= 15 is 0 Å². The number of aryl methyl sites for hydroxylation is 1. The maximum absolute atomic E-state index is 12.0. The van der Waals surface area contributed by atoms with E-state index in [1.807, 2.05) is 24.3 Å². The van der Waals surface area contributed by atoms with Crippen molar-refractivity contribution in [1.82, 2.24) is 15.5 Å². The molecule has 0 spiro atoms. The number of thiocarbonyl (C=S) groups is 1. The van der Waals surface area contributed by atoms with E-state index in [1.165, 1.54) is 0 Å². The minimum absolute atomic E-state index is 0.0987. The van der Waals surface area contributed by atoms with Crippen LogP contribution in [0.1, 0.15) is 18.9 Å².